The van der Waals surface area contributed by atoms with E-state index in [9.17, 15) is 29.4 Å². The van der Waals surface area contributed by atoms with Crippen molar-refractivity contribution in [1.82, 2.24) is 10.6 Å². The molecule has 10 nitrogen and oxygen atoms in total. The number of alkyl carbamates (subject to hydrolysis) is 2. The number of unbranched alkanes of at least 4 members (excludes halogenated alkanes) is 1. The summed E-state index contributed by atoms with van der Waals surface area (Å²) >= 11 is 0. The molecular weight excluding hydrogens is 444 g/mol. The van der Waals surface area contributed by atoms with Crippen molar-refractivity contribution >= 4 is 24.1 Å². The Morgan fingerprint density at radius 3 is 1.32 bits per heavy atom. The third kappa shape index (κ3) is 9.69. The van der Waals surface area contributed by atoms with Gasteiger partial charge in [0.1, 0.15) is 24.6 Å². The molecule has 0 aliphatic rings. The molecule has 0 radical (unpaired) electrons. The molecule has 2 amide bonds. The molecule has 4 N–H and O–H groups in total. The molecule has 0 aliphatic carbocycles. The van der Waals surface area contributed by atoms with Crippen LogP contribution in [-0.2, 0) is 32.3 Å². The van der Waals surface area contributed by atoms with Crippen molar-refractivity contribution < 1.29 is 38.9 Å². The van der Waals surface area contributed by atoms with Crippen LogP contribution in [-0.4, -0.2) is 34.3 Å². The summed E-state index contributed by atoms with van der Waals surface area (Å²) in [4.78, 5) is 46.4. The number of amides is 2. The summed E-state index contributed by atoms with van der Waals surface area (Å²) in [5.74, 6) is -2.77. The van der Waals surface area contributed by atoms with E-state index in [0.717, 1.165) is 11.1 Å². The molecular formula is C24H24N2O8. The highest BCUT2D eigenvalue weighted by Crippen LogP contribution is 2.05. The van der Waals surface area contributed by atoms with Crippen LogP contribution in [0.15, 0.2) is 84.2 Å². The first kappa shape index (κ1) is 25.7. The lowest BCUT2D eigenvalue weighted by Crippen LogP contribution is -2.28. The number of rotatable bonds is 11. The van der Waals surface area contributed by atoms with E-state index in [1.807, 2.05) is 12.1 Å². The largest absolute Gasteiger partial charge is 0.477 e. The highest BCUT2D eigenvalue weighted by molar-refractivity contribution is 5.91. The lowest BCUT2D eigenvalue weighted by molar-refractivity contribution is -0.134. The van der Waals surface area contributed by atoms with Gasteiger partial charge in [-0.05, 0) is 24.0 Å². The Labute approximate surface area is 195 Å². The minimum atomic E-state index is -1.39. The SMILES string of the molecule is O=C(N/C(=C\CC/C=C(\NC(=O)OCc1ccccc1)C(=O)O)C(=O)O)OCc1ccccc1. The molecule has 34 heavy (non-hydrogen) atoms. The summed E-state index contributed by atoms with van der Waals surface area (Å²) in [5.41, 5.74) is 0.636. The summed E-state index contributed by atoms with van der Waals surface area (Å²) in [6.07, 6.45) is 0.659. The van der Waals surface area contributed by atoms with Crippen LogP contribution in [0.3, 0.4) is 0 Å². The van der Waals surface area contributed by atoms with Crippen LogP contribution >= 0.6 is 0 Å². The fourth-order valence-corrected chi connectivity index (χ4v) is 2.58. The molecule has 0 saturated heterocycles. The summed E-state index contributed by atoms with van der Waals surface area (Å²) < 4.78 is 9.96. The van der Waals surface area contributed by atoms with Crippen LogP contribution in [0, 0.1) is 0 Å². The Bertz CT molecular complexity index is 964. The number of aliphatic carboxylic acids is 2. The van der Waals surface area contributed by atoms with E-state index in [1.54, 1.807) is 48.5 Å². The van der Waals surface area contributed by atoms with Crippen molar-refractivity contribution in [3.8, 4) is 0 Å². The first-order chi connectivity index (χ1) is 16.3. The Morgan fingerprint density at radius 1 is 0.647 bits per heavy atom. The molecule has 0 saturated carbocycles. The van der Waals surface area contributed by atoms with E-state index in [0.29, 0.717) is 0 Å². The van der Waals surface area contributed by atoms with Crippen LogP contribution in [0.2, 0.25) is 0 Å². The second kappa shape index (κ2) is 13.7. The number of hydrogen-bond donors (Lipinski definition) is 4. The van der Waals surface area contributed by atoms with E-state index < -0.39 is 35.5 Å². The normalized spacial score (nSPS) is 11.3. The molecule has 0 unspecified atom stereocenters. The van der Waals surface area contributed by atoms with E-state index in [1.165, 1.54) is 12.2 Å². The zero-order valence-electron chi connectivity index (χ0n) is 18.1. The molecule has 0 bridgehead atoms. The van der Waals surface area contributed by atoms with Gasteiger partial charge in [-0.2, -0.15) is 0 Å². The minimum absolute atomic E-state index is 0.0314. The standard InChI is InChI=1S/C24H24N2O8/c27-21(28)19(25-23(31)33-15-17-9-3-1-4-10-17)13-7-8-14-20(22(29)30)26-24(32)34-16-18-11-5-2-6-12-18/h1-6,9-14H,7-8,15-16H2,(H,25,31)(H,26,32)(H,27,28)(H,29,30)/b19-13-,20-14-. The van der Waals surface area contributed by atoms with Crippen LogP contribution in [0.5, 0.6) is 0 Å². The topological polar surface area (TPSA) is 151 Å². The van der Waals surface area contributed by atoms with Gasteiger partial charge in [-0.15, -0.1) is 0 Å². The maximum Gasteiger partial charge on any atom is 0.412 e. The highest BCUT2D eigenvalue weighted by Gasteiger charge is 2.14. The van der Waals surface area contributed by atoms with E-state index in [4.69, 9.17) is 9.47 Å². The van der Waals surface area contributed by atoms with Gasteiger partial charge in [0.05, 0.1) is 0 Å². The van der Waals surface area contributed by atoms with Crippen molar-refractivity contribution in [2.45, 2.75) is 26.1 Å². The van der Waals surface area contributed by atoms with Gasteiger partial charge in [-0.1, -0.05) is 72.8 Å². The highest BCUT2D eigenvalue weighted by atomic mass is 16.6. The number of ether oxygens (including phenoxy) is 2. The number of carbonyl (C=O) groups excluding carboxylic acids is 2. The molecule has 2 rings (SSSR count). The van der Waals surface area contributed by atoms with Crippen molar-refractivity contribution in [3.63, 3.8) is 0 Å². The van der Waals surface area contributed by atoms with Crippen LogP contribution in [0.1, 0.15) is 24.0 Å². The van der Waals surface area contributed by atoms with Gasteiger partial charge in [0.2, 0.25) is 0 Å². The van der Waals surface area contributed by atoms with Crippen molar-refractivity contribution in [3.05, 3.63) is 95.3 Å². The molecule has 0 aromatic heterocycles. The number of nitrogens with one attached hydrogen (secondary N) is 2. The lowest BCUT2D eigenvalue weighted by atomic mass is 10.2. The van der Waals surface area contributed by atoms with Crippen molar-refractivity contribution in [2.24, 2.45) is 0 Å². The number of carboxylic acids is 2. The van der Waals surface area contributed by atoms with E-state index >= 15 is 0 Å². The Kier molecular flexibility index (Phi) is 10.4. The van der Waals surface area contributed by atoms with Crippen LogP contribution in [0.4, 0.5) is 9.59 Å². The molecule has 0 atom stereocenters. The zero-order chi connectivity index (χ0) is 24.8. The summed E-state index contributed by atoms with van der Waals surface area (Å²) in [6.45, 7) is -0.0629. The van der Waals surface area contributed by atoms with Gasteiger partial charge in [-0.3, -0.25) is 10.6 Å². The van der Waals surface area contributed by atoms with Gasteiger partial charge in [0.15, 0.2) is 0 Å². The molecule has 2 aromatic rings. The predicted octanol–water partition coefficient (Wildman–Crippen LogP) is 3.56. The van der Waals surface area contributed by atoms with Crippen molar-refractivity contribution in [2.75, 3.05) is 0 Å². The monoisotopic (exact) mass is 468 g/mol. The van der Waals surface area contributed by atoms with Gasteiger partial charge in [-0.25, -0.2) is 19.2 Å². The molecule has 0 heterocycles. The van der Waals surface area contributed by atoms with Crippen molar-refractivity contribution in [1.29, 1.82) is 0 Å². The Hall–Kier alpha value is -4.60. The first-order valence-electron chi connectivity index (χ1n) is 10.2. The number of benzene rings is 2. The van der Waals surface area contributed by atoms with E-state index in [-0.39, 0.29) is 26.1 Å². The maximum absolute atomic E-state index is 11.9. The van der Waals surface area contributed by atoms with Gasteiger partial charge >= 0.3 is 24.1 Å². The first-order valence-corrected chi connectivity index (χ1v) is 10.2. The van der Waals surface area contributed by atoms with Gasteiger partial charge in [0, 0.05) is 0 Å². The maximum atomic E-state index is 11.9. The zero-order valence-corrected chi connectivity index (χ0v) is 18.1. The Balaban J connectivity index is 1.84. The molecule has 2 aromatic carbocycles. The number of carbonyl (C=O) groups is 4. The average molecular weight is 468 g/mol. The lowest BCUT2D eigenvalue weighted by Gasteiger charge is -2.08. The van der Waals surface area contributed by atoms with Gasteiger partial charge < -0.3 is 19.7 Å². The number of allylic oxidation sites excluding steroid dienone is 2. The fraction of sp³-hybridized carbons (Fsp3) is 0.167. The minimum Gasteiger partial charge on any atom is -0.477 e. The molecule has 0 spiro atoms. The van der Waals surface area contributed by atoms with Crippen LogP contribution < -0.4 is 10.6 Å². The average Bonchev–Trinajstić information content (AvgIpc) is 2.83. The second-order valence-electron chi connectivity index (χ2n) is 6.80. The molecule has 178 valence electrons. The summed E-state index contributed by atoms with van der Waals surface area (Å²) in [7, 11) is 0. The summed E-state index contributed by atoms with van der Waals surface area (Å²) in [6, 6.07) is 17.7. The third-order valence-corrected chi connectivity index (χ3v) is 4.22. The van der Waals surface area contributed by atoms with Crippen LogP contribution in [0.25, 0.3) is 0 Å². The predicted molar refractivity (Wildman–Crippen MR) is 120 cm³/mol. The Morgan fingerprint density at radius 2 is 1.00 bits per heavy atom. The van der Waals surface area contributed by atoms with E-state index in [2.05, 4.69) is 10.6 Å². The molecule has 10 heteroatoms. The second-order valence-corrected chi connectivity index (χ2v) is 6.80. The number of carboxylic acid groups (broad SMARTS) is 2. The third-order valence-electron chi connectivity index (χ3n) is 4.22. The quantitative estimate of drug-likeness (QED) is 0.289. The smallest absolute Gasteiger partial charge is 0.412 e. The summed E-state index contributed by atoms with van der Waals surface area (Å²) in [5, 5.41) is 22.8. The fourth-order valence-electron chi connectivity index (χ4n) is 2.58. The molecule has 0 fully saturated rings. The number of hydrogen-bond acceptors (Lipinski definition) is 6. The van der Waals surface area contributed by atoms with Gasteiger partial charge in [0.25, 0.3) is 0 Å². The molecule has 0 aliphatic heterocycles.